The number of nitrogens with one attached hydrogen (secondary N) is 1. The fourth-order valence-corrected chi connectivity index (χ4v) is 3.11. The third-order valence-electron chi connectivity index (χ3n) is 3.26. The first-order valence-corrected chi connectivity index (χ1v) is 8.45. The highest BCUT2D eigenvalue weighted by molar-refractivity contribution is 8.00. The molecule has 2 aromatic rings. The highest BCUT2D eigenvalue weighted by Gasteiger charge is 2.30. The molecule has 0 heterocycles. The van der Waals surface area contributed by atoms with Gasteiger partial charge in [0.05, 0.1) is 23.6 Å². The molecule has 134 valence electrons. The van der Waals surface area contributed by atoms with Crippen LogP contribution in [0.1, 0.15) is 12.5 Å². The topological polar surface area (TPSA) is 38.3 Å². The van der Waals surface area contributed by atoms with Crippen molar-refractivity contribution in [2.45, 2.75) is 23.2 Å². The summed E-state index contributed by atoms with van der Waals surface area (Å²) in [5, 5.41) is 2.48. The van der Waals surface area contributed by atoms with E-state index in [9.17, 15) is 18.0 Å². The molecule has 8 heteroatoms. The predicted molar refractivity (Wildman–Crippen MR) is 93.4 cm³/mol. The molecule has 0 fully saturated rings. The number of rotatable bonds is 5. The van der Waals surface area contributed by atoms with Gasteiger partial charge in [0.15, 0.2) is 0 Å². The number of hydrogen-bond donors (Lipinski definition) is 1. The first-order chi connectivity index (χ1) is 11.7. The molecule has 0 aliphatic heterocycles. The smallest absolute Gasteiger partial charge is 0.416 e. The van der Waals surface area contributed by atoms with Gasteiger partial charge in [-0.1, -0.05) is 17.7 Å². The second-order valence-electron chi connectivity index (χ2n) is 5.12. The van der Waals surface area contributed by atoms with Crippen molar-refractivity contribution in [1.29, 1.82) is 0 Å². The minimum absolute atomic E-state index is 0.357. The number of amides is 1. The maximum atomic E-state index is 12.8. The van der Waals surface area contributed by atoms with Crippen molar-refractivity contribution in [2.75, 3.05) is 12.4 Å². The van der Waals surface area contributed by atoms with E-state index < -0.39 is 17.0 Å². The summed E-state index contributed by atoms with van der Waals surface area (Å²) in [5.41, 5.74) is -0.349. The molecule has 25 heavy (non-hydrogen) atoms. The Kier molecular flexibility index (Phi) is 6.24. The van der Waals surface area contributed by atoms with Crippen molar-refractivity contribution >= 4 is 35.0 Å². The number of anilines is 1. The van der Waals surface area contributed by atoms with Gasteiger partial charge in [-0.05, 0) is 43.3 Å². The van der Waals surface area contributed by atoms with Crippen molar-refractivity contribution in [2.24, 2.45) is 0 Å². The van der Waals surface area contributed by atoms with Gasteiger partial charge < -0.3 is 10.1 Å². The molecule has 0 aliphatic carbocycles. The summed E-state index contributed by atoms with van der Waals surface area (Å²) in [5.74, 6) is 0.0667. The highest BCUT2D eigenvalue weighted by atomic mass is 35.5. The molecule has 0 aliphatic rings. The van der Waals surface area contributed by atoms with Crippen LogP contribution in [-0.2, 0) is 11.0 Å². The summed E-state index contributed by atoms with van der Waals surface area (Å²) >= 11 is 6.94. The molecule has 1 N–H and O–H groups in total. The molecular weight excluding hydrogens is 375 g/mol. The predicted octanol–water partition coefficient (Wildman–Crippen LogP) is 5.49. The number of benzene rings is 2. The van der Waals surface area contributed by atoms with Gasteiger partial charge >= 0.3 is 6.18 Å². The van der Waals surface area contributed by atoms with Gasteiger partial charge in [-0.15, -0.1) is 11.8 Å². The van der Waals surface area contributed by atoms with Gasteiger partial charge in [0.1, 0.15) is 5.75 Å². The first kappa shape index (κ1) is 19.5. The molecule has 0 saturated carbocycles. The number of alkyl halides is 3. The van der Waals surface area contributed by atoms with Crippen molar-refractivity contribution < 1.29 is 22.7 Å². The molecule has 2 rings (SSSR count). The van der Waals surface area contributed by atoms with Gasteiger partial charge in [0.2, 0.25) is 5.91 Å². The largest absolute Gasteiger partial charge is 0.495 e. The van der Waals surface area contributed by atoms with E-state index in [4.69, 9.17) is 16.3 Å². The number of carbonyl (C=O) groups excluding carboxylic acids is 1. The number of hydrogen-bond acceptors (Lipinski definition) is 3. The highest BCUT2D eigenvalue weighted by Crippen LogP contribution is 2.34. The summed E-state index contributed by atoms with van der Waals surface area (Å²) < 4.78 is 43.4. The average molecular weight is 390 g/mol. The molecule has 0 aromatic heterocycles. The van der Waals surface area contributed by atoms with Crippen molar-refractivity contribution in [3.05, 3.63) is 53.1 Å². The van der Waals surface area contributed by atoms with Crippen LogP contribution in [0.4, 0.5) is 18.9 Å². The van der Waals surface area contributed by atoms with Crippen LogP contribution >= 0.6 is 23.4 Å². The van der Waals surface area contributed by atoms with Crippen LogP contribution in [0.2, 0.25) is 5.02 Å². The molecule has 0 spiro atoms. The molecular formula is C17H15ClF3NO2S. The summed E-state index contributed by atoms with van der Waals surface area (Å²) in [7, 11) is 1.46. The maximum absolute atomic E-state index is 12.8. The van der Waals surface area contributed by atoms with Crippen molar-refractivity contribution in [3.8, 4) is 5.75 Å². The normalized spacial score (nSPS) is 12.6. The fraction of sp³-hybridized carbons (Fsp3) is 0.235. The first-order valence-electron chi connectivity index (χ1n) is 7.19. The monoisotopic (exact) mass is 389 g/mol. The minimum Gasteiger partial charge on any atom is -0.495 e. The number of ether oxygens (including phenoxy) is 1. The van der Waals surface area contributed by atoms with Crippen LogP contribution in [0.3, 0.4) is 0 Å². The summed E-state index contributed by atoms with van der Waals surface area (Å²) in [4.78, 5) is 12.7. The lowest BCUT2D eigenvalue weighted by Gasteiger charge is -2.15. The molecule has 0 radical (unpaired) electrons. The van der Waals surface area contributed by atoms with Gasteiger partial charge in [0.25, 0.3) is 0 Å². The van der Waals surface area contributed by atoms with E-state index in [0.717, 1.165) is 23.9 Å². The summed E-state index contributed by atoms with van der Waals surface area (Å²) in [6.45, 7) is 1.61. The zero-order valence-electron chi connectivity index (χ0n) is 13.4. The minimum atomic E-state index is -4.42. The zero-order chi connectivity index (χ0) is 18.6. The lowest BCUT2D eigenvalue weighted by Crippen LogP contribution is -2.22. The SMILES string of the molecule is COc1ccc(Cl)cc1NC(=O)[C@@H](C)Sc1cccc(C(F)(F)F)c1. The van der Waals surface area contributed by atoms with E-state index in [0.29, 0.717) is 21.4 Å². The van der Waals surface area contributed by atoms with Crippen LogP contribution in [-0.4, -0.2) is 18.3 Å². The average Bonchev–Trinajstić information content (AvgIpc) is 2.54. The van der Waals surface area contributed by atoms with Gasteiger partial charge in [-0.25, -0.2) is 0 Å². The van der Waals surface area contributed by atoms with Crippen LogP contribution in [0, 0.1) is 0 Å². The molecule has 1 atom stereocenters. The molecule has 1 amide bonds. The van der Waals surface area contributed by atoms with Gasteiger partial charge in [-0.2, -0.15) is 13.2 Å². The Balaban J connectivity index is 2.10. The third-order valence-corrected chi connectivity index (χ3v) is 4.59. The van der Waals surface area contributed by atoms with Crippen LogP contribution < -0.4 is 10.1 Å². The maximum Gasteiger partial charge on any atom is 0.416 e. The number of methoxy groups -OCH3 is 1. The van der Waals surface area contributed by atoms with Crippen molar-refractivity contribution in [3.63, 3.8) is 0 Å². The Morgan fingerprint density at radius 1 is 1.24 bits per heavy atom. The Hall–Kier alpha value is -1.86. The molecule has 0 unspecified atom stereocenters. The number of halogens is 4. The van der Waals surface area contributed by atoms with E-state index >= 15 is 0 Å². The third kappa shape index (κ3) is 5.31. The summed E-state index contributed by atoms with van der Waals surface area (Å²) in [6.07, 6.45) is -4.42. The molecule has 2 aromatic carbocycles. The zero-order valence-corrected chi connectivity index (χ0v) is 14.9. The number of carbonyl (C=O) groups is 1. The van der Waals surface area contributed by atoms with Crippen LogP contribution in [0.5, 0.6) is 5.75 Å². The Labute approximate surface area is 152 Å². The Bertz CT molecular complexity index is 768. The van der Waals surface area contributed by atoms with Gasteiger partial charge in [0, 0.05) is 9.92 Å². The quantitative estimate of drug-likeness (QED) is 0.687. The van der Waals surface area contributed by atoms with E-state index in [1.807, 2.05) is 0 Å². The second-order valence-corrected chi connectivity index (χ2v) is 6.97. The standard InChI is InChI=1S/C17H15ClF3NO2S/c1-10(25-13-5-3-4-11(8-13)17(19,20)21)16(23)22-14-9-12(18)6-7-15(14)24-2/h3-10H,1-2H3,(H,22,23)/t10-/m1/s1. The Morgan fingerprint density at radius 3 is 2.60 bits per heavy atom. The molecule has 0 saturated heterocycles. The fourth-order valence-electron chi connectivity index (χ4n) is 2.02. The molecule has 0 bridgehead atoms. The van der Waals surface area contributed by atoms with Crippen LogP contribution in [0.25, 0.3) is 0 Å². The second kappa shape index (κ2) is 8.01. The summed E-state index contributed by atoms with van der Waals surface area (Å²) in [6, 6.07) is 9.64. The van der Waals surface area contributed by atoms with Crippen molar-refractivity contribution in [1.82, 2.24) is 0 Å². The van der Waals surface area contributed by atoms with Crippen LogP contribution in [0.15, 0.2) is 47.4 Å². The van der Waals surface area contributed by atoms with E-state index in [-0.39, 0.29) is 5.91 Å². The Morgan fingerprint density at radius 2 is 1.96 bits per heavy atom. The number of thioether (sulfide) groups is 1. The van der Waals surface area contributed by atoms with Gasteiger partial charge in [-0.3, -0.25) is 4.79 Å². The van der Waals surface area contributed by atoms with E-state index in [1.165, 1.54) is 19.2 Å². The van der Waals surface area contributed by atoms with E-state index in [2.05, 4.69) is 5.32 Å². The lowest BCUT2D eigenvalue weighted by atomic mass is 10.2. The molecule has 3 nitrogen and oxygen atoms in total. The van der Waals surface area contributed by atoms with E-state index in [1.54, 1.807) is 25.1 Å². The lowest BCUT2D eigenvalue weighted by molar-refractivity contribution is -0.137.